The number of hydrogen-bond donors (Lipinski definition) is 0. The molecule has 2 nitrogen and oxygen atoms in total. The number of nitrogens with zero attached hydrogens (tertiary/aromatic N) is 1. The molecule has 0 aromatic heterocycles. The van der Waals surface area contributed by atoms with Gasteiger partial charge < -0.3 is 4.74 Å². The van der Waals surface area contributed by atoms with E-state index in [0.29, 0.717) is 12.2 Å². The van der Waals surface area contributed by atoms with Crippen molar-refractivity contribution in [1.82, 2.24) is 0 Å². The molecular weight excluding hydrogens is 370 g/mol. The topological polar surface area (TPSA) is 33.0 Å². The minimum atomic E-state index is 0.396. The Morgan fingerprint density at radius 3 is 2.63 bits per heavy atom. The largest absolute Gasteiger partial charge is 0.489 e. The van der Waals surface area contributed by atoms with Crippen molar-refractivity contribution in [3.8, 4) is 11.8 Å². The summed E-state index contributed by atoms with van der Waals surface area (Å²) in [5, 5.41) is 9.78. The molecule has 2 aromatic carbocycles. The first-order valence-electron chi connectivity index (χ1n) is 5.70. The van der Waals surface area contributed by atoms with E-state index in [9.17, 15) is 0 Å². The molecule has 0 spiro atoms. The molecule has 0 saturated carbocycles. The van der Waals surface area contributed by atoms with Crippen LogP contribution in [0.4, 0.5) is 0 Å². The van der Waals surface area contributed by atoms with Crippen LogP contribution in [0.3, 0.4) is 0 Å². The van der Waals surface area contributed by atoms with Crippen molar-refractivity contribution in [2.24, 2.45) is 0 Å². The molecule has 0 bridgehead atoms. The number of rotatable bonds is 4. The van der Waals surface area contributed by atoms with Gasteiger partial charge in [-0.15, -0.1) is 0 Å². The zero-order valence-corrected chi connectivity index (χ0v) is 13.2. The fraction of sp³-hybridized carbons (Fsp3) is 0.133. The smallest absolute Gasteiger partial charge is 0.120 e. The summed E-state index contributed by atoms with van der Waals surface area (Å²) in [5.74, 6) is 0.797. The molecule has 0 N–H and O–H groups in total. The molecule has 4 heteroatoms. The van der Waals surface area contributed by atoms with Crippen molar-refractivity contribution >= 4 is 31.9 Å². The van der Waals surface area contributed by atoms with Crippen molar-refractivity contribution in [1.29, 1.82) is 5.26 Å². The zero-order chi connectivity index (χ0) is 13.7. The number of benzene rings is 2. The summed E-state index contributed by atoms with van der Waals surface area (Å²) in [6.45, 7) is 0.396. The normalized spacial score (nSPS) is 9.95. The number of alkyl halides is 1. The number of nitriles is 1. The van der Waals surface area contributed by atoms with Crippen molar-refractivity contribution in [3.05, 3.63) is 63.6 Å². The van der Waals surface area contributed by atoms with Crippen LogP contribution in [0.1, 0.15) is 16.7 Å². The summed E-state index contributed by atoms with van der Waals surface area (Å²) in [5.41, 5.74) is 2.68. The third kappa shape index (κ3) is 3.59. The van der Waals surface area contributed by atoms with Gasteiger partial charge in [-0.2, -0.15) is 5.26 Å². The second-order valence-electron chi connectivity index (χ2n) is 3.94. The molecule has 2 rings (SSSR count). The van der Waals surface area contributed by atoms with Crippen LogP contribution in [0, 0.1) is 11.3 Å². The molecular formula is C15H11Br2NO. The van der Waals surface area contributed by atoms with Gasteiger partial charge in [0.25, 0.3) is 0 Å². The average Bonchev–Trinajstić information content (AvgIpc) is 2.46. The highest BCUT2D eigenvalue weighted by molar-refractivity contribution is 9.10. The van der Waals surface area contributed by atoms with Gasteiger partial charge in [-0.25, -0.2) is 0 Å². The Kier molecular flexibility index (Phi) is 5.00. The Hall–Kier alpha value is -1.31. The van der Waals surface area contributed by atoms with Gasteiger partial charge in [-0.05, 0) is 29.8 Å². The fourth-order valence-electron chi connectivity index (χ4n) is 1.66. The lowest BCUT2D eigenvalue weighted by atomic mass is 10.1. The fourth-order valence-corrected chi connectivity index (χ4v) is 2.89. The summed E-state index contributed by atoms with van der Waals surface area (Å²) in [6, 6.07) is 15.5. The van der Waals surface area contributed by atoms with Crippen LogP contribution in [0.25, 0.3) is 0 Å². The average molecular weight is 381 g/mol. The van der Waals surface area contributed by atoms with Crippen LogP contribution in [0.15, 0.2) is 46.9 Å². The van der Waals surface area contributed by atoms with Crippen LogP contribution >= 0.6 is 31.9 Å². The van der Waals surface area contributed by atoms with E-state index >= 15 is 0 Å². The first kappa shape index (κ1) is 14.1. The van der Waals surface area contributed by atoms with E-state index in [0.717, 1.165) is 26.7 Å². The van der Waals surface area contributed by atoms with E-state index in [-0.39, 0.29) is 0 Å². The maximum absolute atomic E-state index is 9.02. The Morgan fingerprint density at radius 1 is 1.11 bits per heavy atom. The van der Waals surface area contributed by atoms with Gasteiger partial charge >= 0.3 is 0 Å². The van der Waals surface area contributed by atoms with Gasteiger partial charge in [0.15, 0.2) is 0 Å². The molecule has 0 unspecified atom stereocenters. The first-order chi connectivity index (χ1) is 9.24. The summed E-state index contributed by atoms with van der Waals surface area (Å²) in [4.78, 5) is 0. The highest BCUT2D eigenvalue weighted by Crippen LogP contribution is 2.25. The van der Waals surface area contributed by atoms with Gasteiger partial charge in [-0.1, -0.05) is 50.1 Å². The second kappa shape index (κ2) is 6.74. The van der Waals surface area contributed by atoms with Gasteiger partial charge in [0.2, 0.25) is 0 Å². The predicted octanol–water partition coefficient (Wildman–Crippen LogP) is 4.79. The number of ether oxygens (including phenoxy) is 1. The molecule has 0 aliphatic carbocycles. The first-order valence-corrected chi connectivity index (χ1v) is 7.61. The van der Waals surface area contributed by atoms with E-state index in [1.165, 1.54) is 0 Å². The molecule has 0 heterocycles. The Labute approximate surface area is 129 Å². The lowest BCUT2D eigenvalue weighted by Crippen LogP contribution is -1.98. The third-order valence-electron chi connectivity index (χ3n) is 2.69. The molecule has 0 amide bonds. The van der Waals surface area contributed by atoms with E-state index in [1.807, 2.05) is 36.4 Å². The molecule has 0 aliphatic rings. The van der Waals surface area contributed by atoms with Gasteiger partial charge in [0.05, 0.1) is 11.6 Å². The van der Waals surface area contributed by atoms with Crippen molar-refractivity contribution in [3.63, 3.8) is 0 Å². The van der Waals surface area contributed by atoms with Crippen molar-refractivity contribution in [2.75, 3.05) is 0 Å². The van der Waals surface area contributed by atoms with Gasteiger partial charge in [0, 0.05) is 15.4 Å². The Balaban J connectivity index is 2.13. The number of hydrogen-bond acceptors (Lipinski definition) is 2. The predicted molar refractivity (Wildman–Crippen MR) is 82.3 cm³/mol. The van der Waals surface area contributed by atoms with Crippen LogP contribution in [0.5, 0.6) is 5.75 Å². The van der Waals surface area contributed by atoms with E-state index in [2.05, 4.69) is 37.9 Å². The quantitative estimate of drug-likeness (QED) is 0.714. The van der Waals surface area contributed by atoms with E-state index in [4.69, 9.17) is 10.00 Å². The van der Waals surface area contributed by atoms with Gasteiger partial charge in [0.1, 0.15) is 12.4 Å². The number of halogens is 2. The highest BCUT2D eigenvalue weighted by Gasteiger charge is 2.04. The molecule has 19 heavy (non-hydrogen) atoms. The van der Waals surface area contributed by atoms with Gasteiger partial charge in [-0.3, -0.25) is 0 Å². The summed E-state index contributed by atoms with van der Waals surface area (Å²) in [7, 11) is 0. The summed E-state index contributed by atoms with van der Waals surface area (Å²) >= 11 is 6.91. The highest BCUT2D eigenvalue weighted by atomic mass is 79.9. The monoisotopic (exact) mass is 379 g/mol. The van der Waals surface area contributed by atoms with Crippen molar-refractivity contribution in [2.45, 2.75) is 11.9 Å². The minimum absolute atomic E-state index is 0.396. The molecule has 0 aliphatic heterocycles. The molecule has 0 atom stereocenters. The van der Waals surface area contributed by atoms with E-state index < -0.39 is 0 Å². The van der Waals surface area contributed by atoms with Crippen LogP contribution in [-0.4, -0.2) is 0 Å². The standard InChI is InChI=1S/C15H11Br2NO/c16-8-13-7-14(5-6-15(13)17)19-10-12-4-2-1-3-11(12)9-18/h1-7H,8,10H2. The van der Waals surface area contributed by atoms with Crippen molar-refractivity contribution < 1.29 is 4.74 Å². The SMILES string of the molecule is N#Cc1ccccc1COc1ccc(Br)c(CBr)c1. The summed E-state index contributed by atoms with van der Waals surface area (Å²) < 4.78 is 6.79. The Morgan fingerprint density at radius 2 is 1.89 bits per heavy atom. The molecule has 0 saturated heterocycles. The lowest BCUT2D eigenvalue weighted by Gasteiger charge is -2.09. The summed E-state index contributed by atoms with van der Waals surface area (Å²) in [6.07, 6.45) is 0. The zero-order valence-electron chi connectivity index (χ0n) is 10.1. The molecule has 2 aromatic rings. The minimum Gasteiger partial charge on any atom is -0.489 e. The third-order valence-corrected chi connectivity index (χ3v) is 4.07. The molecule has 0 fully saturated rings. The molecule has 0 radical (unpaired) electrons. The maximum Gasteiger partial charge on any atom is 0.120 e. The van der Waals surface area contributed by atoms with Crippen LogP contribution < -0.4 is 4.74 Å². The Bertz CT molecular complexity index is 620. The van der Waals surface area contributed by atoms with Crippen LogP contribution in [-0.2, 0) is 11.9 Å². The maximum atomic E-state index is 9.02. The van der Waals surface area contributed by atoms with Crippen LogP contribution in [0.2, 0.25) is 0 Å². The molecule has 96 valence electrons. The lowest BCUT2D eigenvalue weighted by molar-refractivity contribution is 0.305. The second-order valence-corrected chi connectivity index (χ2v) is 5.36. The van der Waals surface area contributed by atoms with E-state index in [1.54, 1.807) is 6.07 Å².